The molecule has 0 amide bonds. The van der Waals surface area contributed by atoms with Gasteiger partial charge in [0.1, 0.15) is 23.5 Å². The molecule has 1 fully saturated rings. The number of rotatable bonds is 6. The van der Waals surface area contributed by atoms with Crippen molar-refractivity contribution in [2.45, 2.75) is 5.75 Å². The van der Waals surface area contributed by atoms with Crippen molar-refractivity contribution in [2.24, 2.45) is 0 Å². The van der Waals surface area contributed by atoms with Crippen LogP contribution in [-0.2, 0) is 20.5 Å². The summed E-state index contributed by atoms with van der Waals surface area (Å²) in [6.45, 7) is 2.92. The van der Waals surface area contributed by atoms with Crippen molar-refractivity contribution in [2.75, 3.05) is 41.7 Å². The minimum atomic E-state index is -3.61. The van der Waals surface area contributed by atoms with E-state index in [-0.39, 0.29) is 5.75 Å². The van der Waals surface area contributed by atoms with Crippen LogP contribution in [0.2, 0.25) is 0 Å². The molecule has 3 aromatic heterocycles. The van der Waals surface area contributed by atoms with Crippen molar-refractivity contribution in [3.05, 3.63) is 60.7 Å². The molecule has 0 bridgehead atoms. The van der Waals surface area contributed by atoms with Gasteiger partial charge >= 0.3 is 0 Å². The Morgan fingerprint density at radius 1 is 1.06 bits per heavy atom. The van der Waals surface area contributed by atoms with Crippen LogP contribution in [0.4, 0.5) is 17.2 Å². The van der Waals surface area contributed by atoms with E-state index in [1.807, 2.05) is 18.2 Å². The minimum Gasteiger partial charge on any atom is -0.397 e. The summed E-state index contributed by atoms with van der Waals surface area (Å²) >= 11 is 0. The number of sulfonamides is 1. The molecule has 0 aliphatic carbocycles. The van der Waals surface area contributed by atoms with Crippen molar-refractivity contribution in [3.8, 4) is 11.3 Å². The van der Waals surface area contributed by atoms with Gasteiger partial charge < -0.3 is 20.4 Å². The lowest BCUT2D eigenvalue weighted by molar-refractivity contribution is 0.122. The first kappa shape index (κ1) is 21.2. The van der Waals surface area contributed by atoms with Crippen molar-refractivity contribution in [1.82, 2.24) is 19.9 Å². The average molecular weight is 466 g/mol. The van der Waals surface area contributed by atoms with E-state index in [0.717, 1.165) is 41.2 Å². The number of morpholine rings is 1. The molecule has 0 radical (unpaired) electrons. The van der Waals surface area contributed by atoms with Gasteiger partial charge in [-0.2, -0.15) is 0 Å². The van der Waals surface area contributed by atoms with E-state index in [1.165, 1.54) is 6.20 Å². The maximum absolute atomic E-state index is 12.5. The predicted octanol–water partition coefficient (Wildman–Crippen LogP) is 2.38. The predicted molar refractivity (Wildman–Crippen MR) is 127 cm³/mol. The van der Waals surface area contributed by atoms with Crippen LogP contribution >= 0.6 is 0 Å². The molecule has 0 unspecified atom stereocenters. The normalized spacial score (nSPS) is 14.5. The Labute approximate surface area is 190 Å². The minimum absolute atomic E-state index is 0.236. The van der Waals surface area contributed by atoms with Crippen LogP contribution in [0.3, 0.4) is 0 Å². The summed E-state index contributed by atoms with van der Waals surface area (Å²) < 4.78 is 33.0. The van der Waals surface area contributed by atoms with Gasteiger partial charge in [0.25, 0.3) is 0 Å². The van der Waals surface area contributed by atoms with Crippen LogP contribution in [0.25, 0.3) is 22.3 Å². The number of benzene rings is 1. The highest BCUT2D eigenvalue weighted by atomic mass is 32.2. The van der Waals surface area contributed by atoms with E-state index >= 15 is 0 Å². The number of nitrogen functional groups attached to an aromatic ring is 1. The molecule has 10 nitrogen and oxygen atoms in total. The Morgan fingerprint density at radius 3 is 2.58 bits per heavy atom. The first-order valence-electron chi connectivity index (χ1n) is 10.4. The number of nitrogens with one attached hydrogen (secondary N) is 2. The highest BCUT2D eigenvalue weighted by Crippen LogP contribution is 2.29. The number of ether oxygens (including phenoxy) is 1. The number of pyridine rings is 1. The van der Waals surface area contributed by atoms with E-state index in [1.54, 1.807) is 30.6 Å². The van der Waals surface area contributed by atoms with E-state index < -0.39 is 10.0 Å². The lowest BCUT2D eigenvalue weighted by atomic mass is 10.1. The molecule has 1 aliphatic heterocycles. The topological polar surface area (TPSA) is 139 Å². The number of hydrogen-bond acceptors (Lipinski definition) is 8. The maximum Gasteiger partial charge on any atom is 0.238 e. The number of aromatic nitrogens is 4. The Balaban J connectivity index is 1.34. The van der Waals surface area contributed by atoms with E-state index in [9.17, 15) is 8.42 Å². The fraction of sp³-hybridized carbons (Fsp3) is 0.227. The molecule has 4 N–H and O–H groups in total. The van der Waals surface area contributed by atoms with Crippen LogP contribution in [0.5, 0.6) is 0 Å². The molecule has 0 atom stereocenters. The first-order valence-corrected chi connectivity index (χ1v) is 12.1. The molecule has 170 valence electrons. The number of H-pyrrole nitrogens is 1. The molecule has 1 aliphatic rings. The summed E-state index contributed by atoms with van der Waals surface area (Å²) in [7, 11) is -3.61. The quantitative estimate of drug-likeness (QED) is 0.394. The van der Waals surface area contributed by atoms with Gasteiger partial charge in [0.15, 0.2) is 0 Å². The van der Waals surface area contributed by atoms with Gasteiger partial charge in [0.05, 0.1) is 36.2 Å². The number of nitrogens with zero attached hydrogens (tertiary/aromatic N) is 4. The van der Waals surface area contributed by atoms with Gasteiger partial charge in [0, 0.05) is 24.5 Å². The number of anilines is 3. The second kappa shape index (κ2) is 8.68. The van der Waals surface area contributed by atoms with Gasteiger partial charge in [-0.15, -0.1) is 0 Å². The van der Waals surface area contributed by atoms with Crippen molar-refractivity contribution < 1.29 is 13.2 Å². The zero-order chi connectivity index (χ0) is 22.8. The zero-order valence-electron chi connectivity index (χ0n) is 17.7. The number of hydrogen-bond donors (Lipinski definition) is 3. The molecule has 0 saturated carbocycles. The molecule has 4 aromatic rings. The average Bonchev–Trinajstić information content (AvgIpc) is 3.26. The largest absolute Gasteiger partial charge is 0.397 e. The lowest BCUT2D eigenvalue weighted by Crippen LogP contribution is -2.36. The third kappa shape index (κ3) is 4.73. The summed E-state index contributed by atoms with van der Waals surface area (Å²) in [5, 5.41) is 0.940. The van der Waals surface area contributed by atoms with Gasteiger partial charge in [-0.25, -0.2) is 18.4 Å². The summed E-state index contributed by atoms with van der Waals surface area (Å²) in [5.41, 5.74) is 9.51. The van der Waals surface area contributed by atoms with Gasteiger partial charge in [-0.05, 0) is 35.9 Å². The Kier molecular flexibility index (Phi) is 5.56. The third-order valence-electron chi connectivity index (χ3n) is 5.37. The second-order valence-electron chi connectivity index (χ2n) is 7.76. The molecule has 1 saturated heterocycles. The fourth-order valence-corrected chi connectivity index (χ4v) is 4.89. The number of nitrogens with two attached hydrogens (primary N) is 1. The van der Waals surface area contributed by atoms with Crippen LogP contribution in [0.1, 0.15) is 5.69 Å². The van der Waals surface area contributed by atoms with E-state index in [2.05, 4.69) is 29.6 Å². The monoisotopic (exact) mass is 465 g/mol. The molecular weight excluding hydrogens is 442 g/mol. The Hall–Kier alpha value is -3.70. The van der Waals surface area contributed by atoms with Gasteiger partial charge in [-0.3, -0.25) is 9.71 Å². The van der Waals surface area contributed by atoms with Crippen LogP contribution < -0.4 is 15.4 Å². The summed E-state index contributed by atoms with van der Waals surface area (Å²) in [4.78, 5) is 18.4. The van der Waals surface area contributed by atoms with Crippen LogP contribution in [-0.4, -0.2) is 54.7 Å². The highest BCUT2D eigenvalue weighted by molar-refractivity contribution is 7.91. The molecule has 5 rings (SSSR count). The smallest absolute Gasteiger partial charge is 0.238 e. The summed E-state index contributed by atoms with van der Waals surface area (Å²) in [6.07, 6.45) is 3.00. The van der Waals surface area contributed by atoms with Gasteiger partial charge in [0.2, 0.25) is 10.0 Å². The van der Waals surface area contributed by atoms with Crippen LogP contribution in [0, 0.1) is 0 Å². The first-order chi connectivity index (χ1) is 16.0. The van der Waals surface area contributed by atoms with E-state index in [0.29, 0.717) is 30.3 Å². The van der Waals surface area contributed by atoms with Crippen LogP contribution in [0.15, 0.2) is 55.0 Å². The summed E-state index contributed by atoms with van der Waals surface area (Å²) in [6, 6.07) is 12.4. The number of fused-ring (bicyclic) bond motifs is 1. The molecule has 4 heterocycles. The third-order valence-corrected chi connectivity index (χ3v) is 6.59. The molecule has 1 aromatic carbocycles. The Morgan fingerprint density at radius 2 is 1.85 bits per heavy atom. The Bertz CT molecular complexity index is 1360. The van der Waals surface area contributed by atoms with E-state index in [4.69, 9.17) is 10.5 Å². The van der Waals surface area contributed by atoms with Crippen molar-refractivity contribution in [3.63, 3.8) is 0 Å². The van der Waals surface area contributed by atoms with Crippen molar-refractivity contribution >= 4 is 38.2 Å². The maximum atomic E-state index is 12.5. The molecule has 0 spiro atoms. The van der Waals surface area contributed by atoms with Gasteiger partial charge in [-0.1, -0.05) is 12.1 Å². The fourth-order valence-electron chi connectivity index (χ4n) is 3.76. The summed E-state index contributed by atoms with van der Waals surface area (Å²) in [5.74, 6) is 0.645. The lowest BCUT2D eigenvalue weighted by Gasteiger charge is -2.27. The van der Waals surface area contributed by atoms with Crippen molar-refractivity contribution in [1.29, 1.82) is 0 Å². The highest BCUT2D eigenvalue weighted by Gasteiger charge is 2.18. The molecule has 33 heavy (non-hydrogen) atoms. The zero-order valence-corrected chi connectivity index (χ0v) is 18.5. The molecular formula is C22H23N7O3S. The molecule has 11 heteroatoms. The SMILES string of the molecule is Nc1ccc(CS(=O)(=O)Nc2ccc(-c3cc4c(N5CCOCC5)ncnc4[nH]3)cc2)nc1. The number of aromatic amines is 1. The second-order valence-corrected chi connectivity index (χ2v) is 9.49. The standard InChI is InChI=1S/C22H23N7O3S/c23-16-3-6-18(24-12-16)13-33(30,31)28-17-4-1-15(2-5-17)20-11-19-21(27-20)25-14-26-22(19)29-7-9-32-10-8-29/h1-6,11-12,14,28H,7-10,13,23H2,(H,25,26,27).